The maximum Gasteiger partial charge on any atom is 0.290 e. The molecule has 2 aromatic heterocycles. The van der Waals surface area contributed by atoms with E-state index in [0.717, 1.165) is 12.1 Å². The summed E-state index contributed by atoms with van der Waals surface area (Å²) in [5, 5.41) is 13.4. The lowest BCUT2D eigenvalue weighted by atomic mass is 10.1. The second-order valence-corrected chi connectivity index (χ2v) is 5.24. The van der Waals surface area contributed by atoms with Gasteiger partial charge in [0.25, 0.3) is 5.56 Å². The summed E-state index contributed by atoms with van der Waals surface area (Å²) in [5.74, 6) is -1.76. The van der Waals surface area contributed by atoms with Gasteiger partial charge in [-0.3, -0.25) is 9.89 Å². The lowest BCUT2D eigenvalue weighted by Crippen LogP contribution is -2.06. The number of ether oxygens (including phenoxy) is 1. The quantitative estimate of drug-likeness (QED) is 0.599. The molecular weight excluding hydrogens is 330 g/mol. The van der Waals surface area contributed by atoms with Crippen LogP contribution in [0.4, 0.5) is 8.78 Å². The van der Waals surface area contributed by atoms with E-state index in [-0.39, 0.29) is 11.3 Å². The van der Waals surface area contributed by atoms with Crippen molar-refractivity contribution in [1.29, 1.82) is 0 Å². The van der Waals surface area contributed by atoms with Gasteiger partial charge in [0.2, 0.25) is 0 Å². The standard InChI is InChI=1S/C17H10F2N4O2/c18-12-2-1-3-13(19)16(12)25-10-6-4-9(5-7-10)14-11-8-20-23-17(24)15(11)22-21-14/h1-8H,(H,21,22)(H,23,24). The Morgan fingerprint density at radius 1 is 0.960 bits per heavy atom. The molecule has 4 rings (SSSR count). The topological polar surface area (TPSA) is 83.7 Å². The van der Waals surface area contributed by atoms with Gasteiger partial charge in [0, 0.05) is 5.56 Å². The van der Waals surface area contributed by atoms with Crippen LogP contribution in [0.25, 0.3) is 22.2 Å². The zero-order valence-electron chi connectivity index (χ0n) is 12.6. The second kappa shape index (κ2) is 5.82. The van der Waals surface area contributed by atoms with E-state index in [0.29, 0.717) is 22.2 Å². The molecule has 0 bridgehead atoms. The van der Waals surface area contributed by atoms with Crippen molar-refractivity contribution < 1.29 is 13.5 Å². The van der Waals surface area contributed by atoms with Crippen molar-refractivity contribution in [2.24, 2.45) is 0 Å². The molecule has 4 aromatic rings. The minimum atomic E-state index is -0.785. The Hall–Kier alpha value is -3.55. The number of hydrogen-bond donors (Lipinski definition) is 2. The number of nitrogens with zero attached hydrogens (tertiary/aromatic N) is 2. The van der Waals surface area contributed by atoms with Crippen LogP contribution in [0.3, 0.4) is 0 Å². The van der Waals surface area contributed by atoms with Gasteiger partial charge in [0.05, 0.1) is 11.6 Å². The van der Waals surface area contributed by atoms with Crippen molar-refractivity contribution in [3.05, 3.63) is 70.6 Å². The largest absolute Gasteiger partial charge is 0.451 e. The van der Waals surface area contributed by atoms with Crippen LogP contribution in [0.1, 0.15) is 0 Å². The van der Waals surface area contributed by atoms with E-state index >= 15 is 0 Å². The van der Waals surface area contributed by atoms with Gasteiger partial charge in [-0.2, -0.15) is 10.2 Å². The van der Waals surface area contributed by atoms with Crippen molar-refractivity contribution in [2.45, 2.75) is 0 Å². The molecule has 0 unspecified atom stereocenters. The number of rotatable bonds is 3. The maximum atomic E-state index is 13.6. The number of para-hydroxylation sites is 1. The van der Waals surface area contributed by atoms with Crippen LogP contribution in [-0.4, -0.2) is 20.4 Å². The Morgan fingerprint density at radius 2 is 1.68 bits per heavy atom. The third kappa shape index (κ3) is 2.63. The van der Waals surface area contributed by atoms with Crippen LogP contribution in [0, 0.1) is 11.6 Å². The number of fused-ring (bicyclic) bond motifs is 1. The summed E-state index contributed by atoms with van der Waals surface area (Å²) in [7, 11) is 0. The van der Waals surface area contributed by atoms with E-state index in [4.69, 9.17) is 4.74 Å². The predicted molar refractivity (Wildman–Crippen MR) is 86.4 cm³/mol. The first-order valence-corrected chi connectivity index (χ1v) is 7.27. The first-order chi connectivity index (χ1) is 12.1. The highest BCUT2D eigenvalue weighted by Gasteiger charge is 2.13. The van der Waals surface area contributed by atoms with Crippen molar-refractivity contribution in [2.75, 3.05) is 0 Å². The highest BCUT2D eigenvalue weighted by Crippen LogP contribution is 2.30. The van der Waals surface area contributed by atoms with E-state index in [9.17, 15) is 13.6 Å². The lowest BCUT2D eigenvalue weighted by molar-refractivity contribution is 0.407. The maximum absolute atomic E-state index is 13.6. The van der Waals surface area contributed by atoms with Crippen molar-refractivity contribution >= 4 is 10.9 Å². The number of halogens is 2. The molecular formula is C17H10F2N4O2. The summed E-state index contributed by atoms with van der Waals surface area (Å²) in [6.07, 6.45) is 1.49. The Kier molecular flexibility index (Phi) is 3.50. The molecule has 2 N–H and O–H groups in total. The molecule has 0 aliphatic carbocycles. The molecule has 2 aromatic carbocycles. The number of aromatic nitrogens is 4. The van der Waals surface area contributed by atoms with Crippen molar-refractivity contribution in [1.82, 2.24) is 20.4 Å². The Morgan fingerprint density at radius 3 is 2.40 bits per heavy atom. The minimum Gasteiger partial charge on any atom is -0.451 e. The van der Waals surface area contributed by atoms with Crippen molar-refractivity contribution in [3.63, 3.8) is 0 Å². The van der Waals surface area contributed by atoms with Gasteiger partial charge in [-0.05, 0) is 36.4 Å². The summed E-state index contributed by atoms with van der Waals surface area (Å²) >= 11 is 0. The third-order valence-electron chi connectivity index (χ3n) is 3.66. The molecule has 0 amide bonds. The molecule has 0 spiro atoms. The zero-order valence-corrected chi connectivity index (χ0v) is 12.6. The van der Waals surface area contributed by atoms with Gasteiger partial charge in [-0.25, -0.2) is 13.9 Å². The van der Waals surface area contributed by atoms with Gasteiger partial charge in [-0.15, -0.1) is 0 Å². The molecule has 0 atom stereocenters. The first kappa shape index (κ1) is 15.0. The minimum absolute atomic E-state index is 0.267. The molecule has 0 radical (unpaired) electrons. The van der Waals surface area contributed by atoms with E-state index in [2.05, 4.69) is 20.4 Å². The zero-order chi connectivity index (χ0) is 17.4. The van der Waals surface area contributed by atoms with Crippen LogP contribution in [0.5, 0.6) is 11.5 Å². The molecule has 0 aliphatic heterocycles. The number of H-pyrrole nitrogens is 2. The van der Waals surface area contributed by atoms with Crippen LogP contribution < -0.4 is 10.3 Å². The van der Waals surface area contributed by atoms with Gasteiger partial charge >= 0.3 is 0 Å². The van der Waals surface area contributed by atoms with Crippen LogP contribution in [-0.2, 0) is 0 Å². The fourth-order valence-corrected chi connectivity index (χ4v) is 2.46. The average molecular weight is 340 g/mol. The van der Waals surface area contributed by atoms with E-state index in [1.165, 1.54) is 12.3 Å². The smallest absolute Gasteiger partial charge is 0.290 e. The van der Waals surface area contributed by atoms with Gasteiger partial charge < -0.3 is 4.74 Å². The SMILES string of the molecule is O=c1[nH]ncc2c(-c3ccc(Oc4c(F)cccc4F)cc3)n[nH]c12. The van der Waals surface area contributed by atoms with Crippen LogP contribution in [0.15, 0.2) is 53.5 Å². The van der Waals surface area contributed by atoms with Gasteiger partial charge in [0.15, 0.2) is 17.4 Å². The second-order valence-electron chi connectivity index (χ2n) is 5.24. The highest BCUT2D eigenvalue weighted by atomic mass is 19.1. The molecule has 8 heteroatoms. The summed E-state index contributed by atoms with van der Waals surface area (Å²) < 4.78 is 32.5. The Labute approximate surface area is 139 Å². The lowest BCUT2D eigenvalue weighted by Gasteiger charge is -2.08. The van der Waals surface area contributed by atoms with E-state index < -0.39 is 17.4 Å². The molecule has 0 aliphatic rings. The van der Waals surface area contributed by atoms with Crippen LogP contribution in [0.2, 0.25) is 0 Å². The first-order valence-electron chi connectivity index (χ1n) is 7.27. The molecule has 0 fully saturated rings. The van der Waals surface area contributed by atoms with Gasteiger partial charge in [0.1, 0.15) is 17.0 Å². The molecule has 2 heterocycles. The fraction of sp³-hybridized carbons (Fsp3) is 0. The van der Waals surface area contributed by atoms with Gasteiger partial charge in [-0.1, -0.05) is 6.07 Å². The highest BCUT2D eigenvalue weighted by molar-refractivity contribution is 5.91. The number of aromatic amines is 2. The molecule has 124 valence electrons. The summed E-state index contributed by atoms with van der Waals surface area (Å²) in [6.45, 7) is 0. The number of benzene rings is 2. The Bertz CT molecular complexity index is 1100. The number of hydrogen-bond acceptors (Lipinski definition) is 4. The fourth-order valence-electron chi connectivity index (χ4n) is 2.46. The van der Waals surface area contributed by atoms with E-state index in [1.807, 2.05) is 0 Å². The third-order valence-corrected chi connectivity index (χ3v) is 3.66. The van der Waals surface area contributed by atoms with Crippen LogP contribution >= 0.6 is 0 Å². The Balaban J connectivity index is 1.68. The monoisotopic (exact) mass is 340 g/mol. The summed E-state index contributed by atoms with van der Waals surface area (Å²) in [4.78, 5) is 11.7. The predicted octanol–water partition coefficient (Wildman–Crippen LogP) is 3.38. The average Bonchev–Trinajstić information content (AvgIpc) is 3.04. The molecule has 0 saturated carbocycles. The van der Waals surface area contributed by atoms with E-state index in [1.54, 1.807) is 24.3 Å². The number of nitrogens with one attached hydrogen (secondary N) is 2. The summed E-state index contributed by atoms with van der Waals surface area (Å²) in [6, 6.07) is 9.96. The molecule has 6 nitrogen and oxygen atoms in total. The molecule has 25 heavy (non-hydrogen) atoms. The van der Waals surface area contributed by atoms with Crippen molar-refractivity contribution in [3.8, 4) is 22.8 Å². The molecule has 0 saturated heterocycles. The normalized spacial score (nSPS) is 11.0. The summed E-state index contributed by atoms with van der Waals surface area (Å²) in [5.41, 5.74) is 1.18.